The molecule has 0 spiro atoms. The summed E-state index contributed by atoms with van der Waals surface area (Å²) in [4.78, 5) is 27.8. The van der Waals surface area contributed by atoms with Crippen molar-refractivity contribution in [2.24, 2.45) is 0 Å². The molecule has 3 rings (SSSR count). The molecule has 162 valence electrons. The van der Waals surface area contributed by atoms with Crippen molar-refractivity contribution in [3.8, 4) is 0 Å². The van der Waals surface area contributed by atoms with Crippen molar-refractivity contribution in [3.05, 3.63) is 83.9 Å². The minimum absolute atomic E-state index is 0.0200. The van der Waals surface area contributed by atoms with E-state index in [1.165, 1.54) is 10.8 Å². The second-order valence-electron chi connectivity index (χ2n) is 9.06. The van der Waals surface area contributed by atoms with Crippen molar-refractivity contribution in [2.45, 2.75) is 58.7 Å². The molecule has 0 heterocycles. The second-order valence-corrected chi connectivity index (χ2v) is 9.06. The number of hydrogen-bond acceptors (Lipinski definition) is 2. The number of aryl methyl sites for hydroxylation is 1. The molecule has 0 saturated carbocycles. The van der Waals surface area contributed by atoms with Crippen LogP contribution in [0.3, 0.4) is 0 Å². The van der Waals surface area contributed by atoms with Gasteiger partial charge in [-0.3, -0.25) is 9.59 Å². The van der Waals surface area contributed by atoms with E-state index in [0.29, 0.717) is 19.4 Å². The lowest BCUT2D eigenvalue weighted by Gasteiger charge is -2.31. The van der Waals surface area contributed by atoms with Gasteiger partial charge in [-0.15, -0.1) is 0 Å². The molecule has 0 saturated heterocycles. The summed E-state index contributed by atoms with van der Waals surface area (Å²) in [5.41, 5.74) is 1.81. The minimum Gasteiger partial charge on any atom is -0.350 e. The summed E-state index contributed by atoms with van der Waals surface area (Å²) in [7, 11) is 0. The van der Waals surface area contributed by atoms with Crippen LogP contribution in [0, 0.1) is 0 Å². The third-order valence-electron chi connectivity index (χ3n) is 5.35. The molecule has 0 aliphatic carbocycles. The molecule has 0 bridgehead atoms. The number of nitrogens with one attached hydrogen (secondary N) is 1. The Morgan fingerprint density at radius 3 is 2.26 bits per heavy atom. The number of carbonyl (C=O) groups excluding carboxylic acids is 2. The highest BCUT2D eigenvalue weighted by atomic mass is 16.2. The Bertz CT molecular complexity index is 1030. The molecule has 1 N–H and O–H groups in total. The highest BCUT2D eigenvalue weighted by Crippen LogP contribution is 2.21. The van der Waals surface area contributed by atoms with E-state index in [9.17, 15) is 9.59 Å². The summed E-state index contributed by atoms with van der Waals surface area (Å²) in [6, 6.07) is 23.7. The Hall–Kier alpha value is -3.14. The predicted octanol–water partition coefficient (Wildman–Crippen LogP) is 5.10. The number of amides is 2. The SMILES string of the molecule is C[C@@H](C(=O)NC(C)(C)C)N(Cc1ccccc1)C(=O)CCc1cccc2ccccc12. The van der Waals surface area contributed by atoms with Gasteiger partial charge in [-0.05, 0) is 56.0 Å². The highest BCUT2D eigenvalue weighted by Gasteiger charge is 2.28. The molecule has 4 nitrogen and oxygen atoms in total. The Morgan fingerprint density at radius 1 is 0.903 bits per heavy atom. The smallest absolute Gasteiger partial charge is 0.242 e. The van der Waals surface area contributed by atoms with E-state index in [1.807, 2.05) is 69.3 Å². The maximum atomic E-state index is 13.3. The van der Waals surface area contributed by atoms with E-state index in [-0.39, 0.29) is 17.4 Å². The Kier molecular flexibility index (Phi) is 7.11. The topological polar surface area (TPSA) is 49.4 Å². The Labute approximate surface area is 185 Å². The average molecular weight is 417 g/mol. The van der Waals surface area contributed by atoms with Crippen LogP contribution in [0.5, 0.6) is 0 Å². The zero-order valence-electron chi connectivity index (χ0n) is 18.9. The van der Waals surface area contributed by atoms with Crippen LogP contribution in [0.25, 0.3) is 10.8 Å². The van der Waals surface area contributed by atoms with Gasteiger partial charge < -0.3 is 10.2 Å². The molecule has 0 unspecified atom stereocenters. The van der Waals surface area contributed by atoms with Gasteiger partial charge in [0, 0.05) is 18.5 Å². The molecule has 2 amide bonds. The molecule has 31 heavy (non-hydrogen) atoms. The lowest BCUT2D eigenvalue weighted by Crippen LogP contribution is -2.52. The van der Waals surface area contributed by atoms with E-state index in [4.69, 9.17) is 0 Å². The fraction of sp³-hybridized carbons (Fsp3) is 0.333. The normalized spacial score (nSPS) is 12.4. The molecule has 0 aliphatic rings. The van der Waals surface area contributed by atoms with Crippen LogP contribution in [0.1, 0.15) is 45.2 Å². The van der Waals surface area contributed by atoms with Crippen molar-refractivity contribution >= 4 is 22.6 Å². The number of carbonyl (C=O) groups is 2. The van der Waals surface area contributed by atoms with Gasteiger partial charge in [-0.1, -0.05) is 72.8 Å². The van der Waals surface area contributed by atoms with Crippen LogP contribution in [0.15, 0.2) is 72.8 Å². The summed E-state index contributed by atoms with van der Waals surface area (Å²) in [6.45, 7) is 8.05. The molecular formula is C27H32N2O2. The van der Waals surface area contributed by atoms with Crippen molar-refractivity contribution in [1.82, 2.24) is 10.2 Å². The van der Waals surface area contributed by atoms with Gasteiger partial charge >= 0.3 is 0 Å². The van der Waals surface area contributed by atoms with E-state index >= 15 is 0 Å². The summed E-state index contributed by atoms with van der Waals surface area (Å²) in [5, 5.41) is 5.35. The molecule has 0 aliphatic heterocycles. The fourth-order valence-electron chi connectivity index (χ4n) is 3.73. The number of benzene rings is 3. The van der Waals surface area contributed by atoms with E-state index in [1.54, 1.807) is 11.8 Å². The molecule has 0 aromatic heterocycles. The minimum atomic E-state index is -0.556. The first-order chi connectivity index (χ1) is 14.7. The van der Waals surface area contributed by atoms with Crippen LogP contribution in [-0.2, 0) is 22.6 Å². The highest BCUT2D eigenvalue weighted by molar-refractivity contribution is 5.89. The number of fused-ring (bicyclic) bond motifs is 1. The fourth-order valence-corrected chi connectivity index (χ4v) is 3.73. The van der Waals surface area contributed by atoms with E-state index in [0.717, 1.165) is 11.1 Å². The molecule has 0 radical (unpaired) electrons. The van der Waals surface area contributed by atoms with Crippen molar-refractivity contribution in [2.75, 3.05) is 0 Å². The molecular weight excluding hydrogens is 384 g/mol. The zero-order valence-corrected chi connectivity index (χ0v) is 18.9. The first kappa shape index (κ1) is 22.5. The third-order valence-corrected chi connectivity index (χ3v) is 5.35. The maximum Gasteiger partial charge on any atom is 0.242 e. The van der Waals surface area contributed by atoms with Gasteiger partial charge in [-0.25, -0.2) is 0 Å². The Morgan fingerprint density at radius 2 is 1.55 bits per heavy atom. The summed E-state index contributed by atoms with van der Waals surface area (Å²) < 4.78 is 0. The standard InChI is InChI=1S/C27H32N2O2/c1-20(26(31)28-27(2,3)4)29(19-21-11-6-5-7-12-21)25(30)18-17-23-15-10-14-22-13-8-9-16-24(22)23/h5-16,20H,17-19H2,1-4H3,(H,28,31)/t20-/m0/s1. The summed E-state index contributed by atoms with van der Waals surface area (Å²) in [5.74, 6) is -0.157. The summed E-state index contributed by atoms with van der Waals surface area (Å²) in [6.07, 6.45) is 0.993. The molecule has 0 fully saturated rings. The van der Waals surface area contributed by atoms with Crippen LogP contribution >= 0.6 is 0 Å². The maximum absolute atomic E-state index is 13.3. The molecule has 3 aromatic rings. The van der Waals surface area contributed by atoms with E-state index < -0.39 is 6.04 Å². The lowest BCUT2D eigenvalue weighted by atomic mass is 10.0. The van der Waals surface area contributed by atoms with Gasteiger partial charge in [0.15, 0.2) is 0 Å². The molecule has 4 heteroatoms. The van der Waals surface area contributed by atoms with Gasteiger partial charge in [0.05, 0.1) is 0 Å². The first-order valence-electron chi connectivity index (χ1n) is 10.9. The van der Waals surface area contributed by atoms with E-state index in [2.05, 4.69) is 29.6 Å². The third kappa shape index (κ3) is 6.17. The largest absolute Gasteiger partial charge is 0.350 e. The lowest BCUT2D eigenvalue weighted by molar-refractivity contribution is -0.141. The van der Waals surface area contributed by atoms with Crippen molar-refractivity contribution in [3.63, 3.8) is 0 Å². The summed E-state index contributed by atoms with van der Waals surface area (Å²) >= 11 is 0. The number of nitrogens with zero attached hydrogens (tertiary/aromatic N) is 1. The van der Waals surface area contributed by atoms with Gasteiger partial charge in [0.2, 0.25) is 11.8 Å². The predicted molar refractivity (Wildman–Crippen MR) is 127 cm³/mol. The van der Waals surface area contributed by atoms with Crippen LogP contribution in [-0.4, -0.2) is 28.3 Å². The average Bonchev–Trinajstić information content (AvgIpc) is 2.75. The Balaban J connectivity index is 1.78. The number of hydrogen-bond donors (Lipinski definition) is 1. The van der Waals surface area contributed by atoms with Crippen molar-refractivity contribution in [1.29, 1.82) is 0 Å². The van der Waals surface area contributed by atoms with Crippen LogP contribution in [0.4, 0.5) is 0 Å². The first-order valence-corrected chi connectivity index (χ1v) is 10.9. The van der Waals surface area contributed by atoms with Crippen LogP contribution < -0.4 is 5.32 Å². The molecule has 3 aromatic carbocycles. The van der Waals surface area contributed by atoms with Gasteiger partial charge in [0.25, 0.3) is 0 Å². The molecule has 1 atom stereocenters. The quantitative estimate of drug-likeness (QED) is 0.582. The van der Waals surface area contributed by atoms with Crippen molar-refractivity contribution < 1.29 is 9.59 Å². The van der Waals surface area contributed by atoms with Crippen LogP contribution in [0.2, 0.25) is 0 Å². The zero-order chi connectivity index (χ0) is 22.4. The number of rotatable bonds is 7. The second kappa shape index (κ2) is 9.78. The van der Waals surface area contributed by atoms with Gasteiger partial charge in [0.1, 0.15) is 6.04 Å². The van der Waals surface area contributed by atoms with Gasteiger partial charge in [-0.2, -0.15) is 0 Å². The monoisotopic (exact) mass is 416 g/mol.